The van der Waals surface area contributed by atoms with Crippen molar-refractivity contribution in [2.45, 2.75) is 33.6 Å². The maximum Gasteiger partial charge on any atom is 0.311 e. The summed E-state index contributed by atoms with van der Waals surface area (Å²) in [6, 6.07) is 0. The molecule has 0 aliphatic carbocycles. The second-order valence-corrected chi connectivity index (χ2v) is 4.46. The van der Waals surface area contributed by atoms with Crippen molar-refractivity contribution < 1.29 is 19.1 Å². The number of hydrogen-bond donors (Lipinski definition) is 0. The van der Waals surface area contributed by atoms with Gasteiger partial charge in [0.05, 0.1) is 18.9 Å². The smallest absolute Gasteiger partial charge is 0.311 e. The highest BCUT2D eigenvalue weighted by Crippen LogP contribution is 2.20. The third-order valence-electron chi connectivity index (χ3n) is 1.90. The van der Waals surface area contributed by atoms with Crippen LogP contribution < -0.4 is 0 Å². The number of halogens is 2. The summed E-state index contributed by atoms with van der Waals surface area (Å²) in [5, 5.41) is -1.44. The molecule has 0 N–H and O–H groups in total. The summed E-state index contributed by atoms with van der Waals surface area (Å²) in [5.41, 5.74) is -0.311. The largest absolute Gasteiger partial charge is 0.469 e. The fourth-order valence-corrected chi connectivity index (χ4v) is 0.841. The predicted octanol–water partition coefficient (Wildman–Crippen LogP) is 2.50. The summed E-state index contributed by atoms with van der Waals surface area (Å²) in [6.45, 7) is 5.72. The van der Waals surface area contributed by atoms with Crippen LogP contribution in [0.1, 0.15) is 33.6 Å². The van der Waals surface area contributed by atoms with Gasteiger partial charge in [0.25, 0.3) is 0 Å². The molecule has 0 aromatic rings. The van der Waals surface area contributed by atoms with E-state index in [0.29, 0.717) is 0 Å². The van der Waals surface area contributed by atoms with E-state index in [0.717, 1.165) is 6.42 Å². The van der Waals surface area contributed by atoms with Gasteiger partial charge in [-0.15, -0.1) is 0 Å². The number of rotatable bonds is 4. The Morgan fingerprint density at radius 2 is 1.50 bits per heavy atom. The van der Waals surface area contributed by atoms with Gasteiger partial charge in [-0.1, -0.05) is 6.92 Å². The van der Waals surface area contributed by atoms with Crippen molar-refractivity contribution in [3.63, 3.8) is 0 Å². The Balaban J connectivity index is 0. The first-order valence-corrected chi connectivity index (χ1v) is 5.38. The number of esters is 1. The quantitative estimate of drug-likeness (QED) is 0.448. The molecular weight excluding hydrogens is 255 g/mol. The molecule has 0 amide bonds. The summed E-state index contributed by atoms with van der Waals surface area (Å²) in [6.07, 6.45) is 0.433. The van der Waals surface area contributed by atoms with Crippen molar-refractivity contribution in [3.8, 4) is 0 Å². The van der Waals surface area contributed by atoms with Crippen LogP contribution in [0.15, 0.2) is 0 Å². The van der Waals surface area contributed by atoms with Gasteiger partial charge >= 0.3 is 5.97 Å². The van der Waals surface area contributed by atoms with Crippen LogP contribution in [0.2, 0.25) is 0 Å². The van der Waals surface area contributed by atoms with Crippen molar-refractivity contribution in [3.05, 3.63) is 0 Å². The van der Waals surface area contributed by atoms with Gasteiger partial charge in [-0.05, 0) is 43.5 Å². The summed E-state index contributed by atoms with van der Waals surface area (Å²) in [4.78, 5) is 30.3. The van der Waals surface area contributed by atoms with Gasteiger partial charge in [0.1, 0.15) is 0 Å². The van der Waals surface area contributed by atoms with Gasteiger partial charge in [0.2, 0.25) is 10.5 Å². The molecule has 0 saturated carbocycles. The molecule has 0 aliphatic heterocycles. The van der Waals surface area contributed by atoms with Gasteiger partial charge in [0.15, 0.2) is 0 Å². The molecule has 0 aromatic carbocycles. The van der Waals surface area contributed by atoms with Crippen LogP contribution >= 0.6 is 23.2 Å². The van der Waals surface area contributed by atoms with Gasteiger partial charge in [-0.2, -0.15) is 0 Å². The lowest BCUT2D eigenvalue weighted by atomic mass is 9.91. The molecule has 94 valence electrons. The minimum atomic E-state index is -0.722. The standard InChI is InChI=1S/C7H14O2.C3H2Cl2O2/c1-5-7(2,3)6(8)9-4;4-2(6)1-3(5)7/h5H2,1-4H3;1H2. The Labute approximate surface area is 105 Å². The first-order valence-electron chi connectivity index (χ1n) is 4.62. The van der Waals surface area contributed by atoms with Gasteiger partial charge < -0.3 is 4.74 Å². The summed E-state index contributed by atoms with van der Waals surface area (Å²) in [5.74, 6) is -0.134. The van der Waals surface area contributed by atoms with E-state index in [1.807, 2.05) is 20.8 Å². The van der Waals surface area contributed by atoms with Gasteiger partial charge in [-0.25, -0.2) is 0 Å². The predicted molar refractivity (Wildman–Crippen MR) is 62.4 cm³/mol. The van der Waals surface area contributed by atoms with Crippen LogP contribution in [-0.2, 0) is 19.1 Å². The number of carbonyl (C=O) groups excluding carboxylic acids is 3. The Morgan fingerprint density at radius 3 is 1.56 bits per heavy atom. The lowest BCUT2D eigenvalue weighted by Crippen LogP contribution is -2.24. The Hall–Kier alpha value is -0.610. The van der Waals surface area contributed by atoms with Crippen LogP contribution in [-0.4, -0.2) is 23.6 Å². The Kier molecular flexibility index (Phi) is 9.48. The number of ether oxygens (including phenoxy) is 1. The first-order chi connectivity index (χ1) is 7.17. The molecule has 0 atom stereocenters. The van der Waals surface area contributed by atoms with E-state index in [1.54, 1.807) is 0 Å². The van der Waals surface area contributed by atoms with Crippen LogP contribution in [0.3, 0.4) is 0 Å². The molecule has 0 spiro atoms. The van der Waals surface area contributed by atoms with E-state index in [1.165, 1.54) is 7.11 Å². The van der Waals surface area contributed by atoms with Crippen molar-refractivity contribution in [1.29, 1.82) is 0 Å². The second kappa shape index (κ2) is 8.53. The highest BCUT2D eigenvalue weighted by molar-refractivity contribution is 6.72. The first kappa shape index (κ1) is 17.8. The van der Waals surface area contributed by atoms with Crippen molar-refractivity contribution in [2.24, 2.45) is 5.41 Å². The van der Waals surface area contributed by atoms with Gasteiger partial charge in [0, 0.05) is 0 Å². The number of methoxy groups -OCH3 is 1. The van der Waals surface area contributed by atoms with Crippen molar-refractivity contribution in [1.82, 2.24) is 0 Å². The van der Waals surface area contributed by atoms with E-state index in [9.17, 15) is 14.4 Å². The van der Waals surface area contributed by atoms with E-state index in [2.05, 4.69) is 4.74 Å². The zero-order valence-corrected chi connectivity index (χ0v) is 11.3. The lowest BCUT2D eigenvalue weighted by Gasteiger charge is -2.17. The highest BCUT2D eigenvalue weighted by Gasteiger charge is 2.25. The molecule has 0 fully saturated rings. The van der Waals surface area contributed by atoms with Crippen LogP contribution in [0.4, 0.5) is 0 Å². The van der Waals surface area contributed by atoms with Crippen LogP contribution in [0.25, 0.3) is 0 Å². The topological polar surface area (TPSA) is 60.4 Å². The minimum Gasteiger partial charge on any atom is -0.469 e. The van der Waals surface area contributed by atoms with Crippen molar-refractivity contribution >= 4 is 39.7 Å². The maximum atomic E-state index is 10.8. The molecule has 0 rings (SSSR count). The molecule has 0 radical (unpaired) electrons. The average Bonchev–Trinajstić information content (AvgIpc) is 2.15. The average molecular weight is 271 g/mol. The molecule has 0 saturated heterocycles. The third kappa shape index (κ3) is 9.93. The summed E-state index contributed by atoms with van der Waals surface area (Å²) < 4.78 is 4.57. The number of carbonyl (C=O) groups is 3. The summed E-state index contributed by atoms with van der Waals surface area (Å²) >= 11 is 9.46. The third-order valence-corrected chi connectivity index (χ3v) is 2.17. The molecule has 6 heteroatoms. The molecule has 0 aromatic heterocycles. The summed E-state index contributed by atoms with van der Waals surface area (Å²) in [7, 11) is 1.42. The monoisotopic (exact) mass is 270 g/mol. The van der Waals surface area contributed by atoms with E-state index >= 15 is 0 Å². The van der Waals surface area contributed by atoms with Crippen molar-refractivity contribution in [2.75, 3.05) is 7.11 Å². The SMILES string of the molecule is CCC(C)(C)C(=O)OC.O=C(Cl)CC(=O)Cl. The van der Waals surface area contributed by atoms with Crippen LogP contribution in [0.5, 0.6) is 0 Å². The molecule has 0 bridgehead atoms. The van der Waals surface area contributed by atoms with E-state index in [4.69, 9.17) is 23.2 Å². The molecular formula is C10H16Cl2O4. The fraction of sp³-hybridized carbons (Fsp3) is 0.700. The Morgan fingerprint density at radius 1 is 1.12 bits per heavy atom. The normalized spacial score (nSPS) is 9.88. The minimum absolute atomic E-state index is 0.134. The maximum absolute atomic E-state index is 10.8. The second-order valence-electron chi connectivity index (χ2n) is 3.62. The van der Waals surface area contributed by atoms with E-state index < -0.39 is 10.5 Å². The molecule has 16 heavy (non-hydrogen) atoms. The molecule has 0 heterocycles. The molecule has 0 aliphatic rings. The lowest BCUT2D eigenvalue weighted by molar-refractivity contribution is -0.150. The van der Waals surface area contributed by atoms with Gasteiger partial charge in [-0.3, -0.25) is 14.4 Å². The zero-order valence-electron chi connectivity index (χ0n) is 9.80. The van der Waals surface area contributed by atoms with Crippen LogP contribution in [0, 0.1) is 5.41 Å². The van der Waals surface area contributed by atoms with E-state index in [-0.39, 0.29) is 17.8 Å². The fourth-order valence-electron chi connectivity index (χ4n) is 0.530. The highest BCUT2D eigenvalue weighted by atomic mass is 35.5. The molecule has 0 unspecified atom stereocenters. The Bertz CT molecular complexity index is 250. The zero-order chi connectivity index (χ0) is 13.4. The molecule has 4 nitrogen and oxygen atoms in total. The number of hydrogen-bond acceptors (Lipinski definition) is 4.